The topological polar surface area (TPSA) is 108 Å². The number of rotatable bonds is 2. The van der Waals surface area contributed by atoms with Gasteiger partial charge in [-0.25, -0.2) is 0 Å². The van der Waals surface area contributed by atoms with Crippen molar-refractivity contribution in [2.24, 2.45) is 5.73 Å². The number of amides is 2. The molecule has 0 fully saturated rings. The Bertz CT molecular complexity index is 1530. The smallest absolute Gasteiger partial charge is 0.278 e. The lowest BCUT2D eigenvalue weighted by atomic mass is 9.62. The number of hydrogen-bond donors (Lipinski definition) is 2. The lowest BCUT2D eigenvalue weighted by molar-refractivity contribution is -0.148. The Morgan fingerprint density at radius 1 is 1.00 bits per heavy atom. The molecular formula is C26H16Cl2N4O3. The maximum atomic E-state index is 14.5. The van der Waals surface area contributed by atoms with Crippen molar-refractivity contribution >= 4 is 46.4 Å². The second kappa shape index (κ2) is 7.25. The first kappa shape index (κ1) is 21.5. The number of nitrogens with one attached hydrogen (secondary N) is 1. The van der Waals surface area contributed by atoms with Gasteiger partial charge >= 0.3 is 0 Å². The molecule has 3 aromatic rings. The van der Waals surface area contributed by atoms with Crippen molar-refractivity contribution in [1.82, 2.24) is 0 Å². The third-order valence-corrected chi connectivity index (χ3v) is 7.33. The van der Waals surface area contributed by atoms with E-state index in [0.717, 1.165) is 5.56 Å². The molecule has 0 aromatic heterocycles. The zero-order valence-corrected chi connectivity index (χ0v) is 19.5. The molecule has 2 spiro atoms. The summed E-state index contributed by atoms with van der Waals surface area (Å²) >= 11 is 12.7. The number of nitrogens with two attached hydrogens (primary N) is 1. The monoisotopic (exact) mass is 502 g/mol. The highest BCUT2D eigenvalue weighted by Crippen LogP contribution is 2.64. The van der Waals surface area contributed by atoms with Crippen LogP contribution in [0.4, 0.5) is 11.4 Å². The Balaban J connectivity index is 1.67. The van der Waals surface area contributed by atoms with E-state index < -0.39 is 22.8 Å². The quantitative estimate of drug-likeness (QED) is 0.541. The van der Waals surface area contributed by atoms with E-state index in [2.05, 4.69) is 5.32 Å². The van der Waals surface area contributed by atoms with Gasteiger partial charge in [0.15, 0.2) is 5.41 Å². The second-order valence-electron chi connectivity index (χ2n) is 8.57. The predicted octanol–water partition coefficient (Wildman–Crippen LogP) is 4.35. The van der Waals surface area contributed by atoms with Gasteiger partial charge in [-0.1, -0.05) is 59.6 Å². The van der Waals surface area contributed by atoms with Crippen LogP contribution >= 0.6 is 23.2 Å². The molecule has 7 nitrogen and oxygen atoms in total. The Morgan fingerprint density at radius 2 is 1.71 bits per heavy atom. The van der Waals surface area contributed by atoms with Crippen LogP contribution in [0.25, 0.3) is 0 Å². The summed E-state index contributed by atoms with van der Waals surface area (Å²) < 4.78 is 6.16. The average molecular weight is 503 g/mol. The fourth-order valence-electron chi connectivity index (χ4n) is 5.49. The molecule has 0 radical (unpaired) electrons. The summed E-state index contributed by atoms with van der Waals surface area (Å²) in [6.45, 7) is 0.194. The van der Waals surface area contributed by atoms with Gasteiger partial charge in [0, 0.05) is 26.9 Å². The maximum absolute atomic E-state index is 14.5. The van der Waals surface area contributed by atoms with Crippen molar-refractivity contribution in [3.05, 3.63) is 105 Å². The van der Waals surface area contributed by atoms with Crippen LogP contribution < -0.4 is 16.0 Å². The predicted molar refractivity (Wildman–Crippen MR) is 130 cm³/mol. The van der Waals surface area contributed by atoms with Gasteiger partial charge in [0.2, 0.25) is 17.4 Å². The molecule has 3 heterocycles. The van der Waals surface area contributed by atoms with Crippen molar-refractivity contribution < 1.29 is 14.3 Å². The van der Waals surface area contributed by atoms with Crippen LogP contribution in [0.3, 0.4) is 0 Å². The molecule has 2 amide bonds. The van der Waals surface area contributed by atoms with E-state index in [9.17, 15) is 14.9 Å². The first-order chi connectivity index (χ1) is 16.8. The molecule has 2 atom stereocenters. The Labute approximate surface area is 210 Å². The van der Waals surface area contributed by atoms with Gasteiger partial charge in [-0.2, -0.15) is 5.26 Å². The molecular weight excluding hydrogens is 487 g/mol. The fourth-order valence-corrected chi connectivity index (χ4v) is 5.83. The number of carbonyl (C=O) groups is 2. The van der Waals surface area contributed by atoms with Gasteiger partial charge in [-0.05, 0) is 35.9 Å². The highest BCUT2D eigenvalue weighted by atomic mass is 35.5. The Kier molecular flexibility index (Phi) is 4.46. The molecule has 3 N–H and O–H groups in total. The van der Waals surface area contributed by atoms with Crippen molar-refractivity contribution in [1.29, 1.82) is 5.26 Å². The van der Waals surface area contributed by atoms with Crippen molar-refractivity contribution in [2.45, 2.75) is 17.6 Å². The summed E-state index contributed by atoms with van der Waals surface area (Å²) in [6.07, 6.45) is 0. The zero-order valence-electron chi connectivity index (χ0n) is 18.0. The molecule has 0 aliphatic carbocycles. The average Bonchev–Trinajstić information content (AvgIpc) is 3.37. The number of hydrogen-bond acceptors (Lipinski definition) is 5. The number of nitrogens with zero attached hydrogens (tertiary/aromatic N) is 2. The number of nitriles is 1. The molecule has 172 valence electrons. The highest BCUT2D eigenvalue weighted by molar-refractivity contribution is 6.32. The number of fused-ring (bicyclic) bond motifs is 5. The maximum Gasteiger partial charge on any atom is 0.278 e. The van der Waals surface area contributed by atoms with Crippen LogP contribution in [0.1, 0.15) is 16.7 Å². The van der Waals surface area contributed by atoms with E-state index >= 15 is 0 Å². The van der Waals surface area contributed by atoms with E-state index in [1.807, 2.05) is 36.4 Å². The second-order valence-corrected chi connectivity index (χ2v) is 9.44. The normalized spacial score (nSPS) is 24.0. The largest absolute Gasteiger partial charge is 0.455 e. The summed E-state index contributed by atoms with van der Waals surface area (Å²) in [4.78, 5) is 29.8. The van der Waals surface area contributed by atoms with E-state index in [1.165, 1.54) is 4.90 Å². The molecule has 3 aliphatic rings. The summed E-state index contributed by atoms with van der Waals surface area (Å²) in [5.74, 6) is -1.41. The van der Waals surface area contributed by atoms with Gasteiger partial charge in [-0.15, -0.1) is 0 Å². The van der Waals surface area contributed by atoms with E-state index in [1.54, 1.807) is 36.4 Å². The van der Waals surface area contributed by atoms with Crippen molar-refractivity contribution in [2.75, 3.05) is 10.2 Å². The molecule has 9 heteroatoms. The molecule has 0 unspecified atom stereocenters. The van der Waals surface area contributed by atoms with E-state index in [-0.39, 0.29) is 18.0 Å². The Hall–Kier alpha value is -3.99. The molecule has 3 aliphatic heterocycles. The SMILES string of the molecule is N#CC1=C(N)O[C@@]2(C(=O)N(Cc3ccccc3)c3cc(Cl)ccc32)[C@]12C(=O)Nc1ccc(Cl)cc12. The minimum atomic E-state index is -1.96. The van der Waals surface area contributed by atoms with Gasteiger partial charge in [0.1, 0.15) is 11.6 Å². The minimum absolute atomic E-state index is 0.146. The van der Waals surface area contributed by atoms with Gasteiger partial charge < -0.3 is 20.7 Å². The van der Waals surface area contributed by atoms with Crippen LogP contribution in [0.5, 0.6) is 0 Å². The third-order valence-electron chi connectivity index (χ3n) is 6.86. The van der Waals surface area contributed by atoms with Crippen molar-refractivity contribution in [3.8, 4) is 6.07 Å². The van der Waals surface area contributed by atoms with Crippen LogP contribution in [-0.2, 0) is 31.9 Å². The Morgan fingerprint density at radius 3 is 2.46 bits per heavy atom. The molecule has 6 rings (SSSR count). The van der Waals surface area contributed by atoms with E-state index in [0.29, 0.717) is 32.5 Å². The van der Waals surface area contributed by atoms with Crippen molar-refractivity contribution in [3.63, 3.8) is 0 Å². The highest BCUT2D eigenvalue weighted by Gasteiger charge is 2.77. The summed E-state index contributed by atoms with van der Waals surface area (Å²) in [5.41, 5.74) is 4.74. The number of anilines is 2. The summed E-state index contributed by atoms with van der Waals surface area (Å²) in [5, 5.41) is 13.7. The number of halogens is 2. The standard InChI is InChI=1S/C26H16Cl2N4O3/c27-15-7-9-20-18(10-15)25(23(33)31-20)19(12-29)22(30)35-26(25)17-8-6-16(28)11-21(17)32(24(26)34)13-14-4-2-1-3-5-14/h1-11H,13,30H2,(H,31,33)/t25-,26-/m0/s1. The van der Waals surface area contributed by atoms with Crippen LogP contribution in [-0.4, -0.2) is 11.8 Å². The molecule has 0 bridgehead atoms. The first-order valence-electron chi connectivity index (χ1n) is 10.7. The van der Waals surface area contributed by atoms with Crippen LogP contribution in [0, 0.1) is 11.3 Å². The molecule has 0 saturated carbocycles. The zero-order chi connectivity index (χ0) is 24.5. The van der Waals surface area contributed by atoms with Gasteiger partial charge in [-0.3, -0.25) is 9.59 Å². The summed E-state index contributed by atoms with van der Waals surface area (Å²) in [6, 6.07) is 21.2. The third kappa shape index (κ3) is 2.55. The van der Waals surface area contributed by atoms with Gasteiger partial charge in [0.05, 0.1) is 12.2 Å². The van der Waals surface area contributed by atoms with Gasteiger partial charge in [0.25, 0.3) is 5.91 Å². The number of carbonyl (C=O) groups excluding carboxylic acids is 2. The van der Waals surface area contributed by atoms with Crippen LogP contribution in [0.15, 0.2) is 78.2 Å². The fraction of sp³-hybridized carbons (Fsp3) is 0.115. The molecule has 0 saturated heterocycles. The van der Waals surface area contributed by atoms with Crippen LogP contribution in [0.2, 0.25) is 10.0 Å². The lowest BCUT2D eigenvalue weighted by Crippen LogP contribution is -2.57. The first-order valence-corrected chi connectivity index (χ1v) is 11.5. The number of ether oxygens (including phenoxy) is 1. The molecule has 3 aromatic carbocycles. The number of benzene rings is 3. The minimum Gasteiger partial charge on any atom is -0.455 e. The van der Waals surface area contributed by atoms with E-state index in [4.69, 9.17) is 33.7 Å². The summed E-state index contributed by atoms with van der Waals surface area (Å²) in [7, 11) is 0. The lowest BCUT2D eigenvalue weighted by Gasteiger charge is -2.37. The molecule has 35 heavy (non-hydrogen) atoms.